The van der Waals surface area contributed by atoms with Crippen LogP contribution in [0.3, 0.4) is 0 Å². The Hall–Kier alpha value is -0.300. The summed E-state index contributed by atoms with van der Waals surface area (Å²) in [5.41, 5.74) is 0. The van der Waals surface area contributed by atoms with E-state index in [1.54, 1.807) is 0 Å². The predicted molar refractivity (Wildman–Crippen MR) is 47.2 cm³/mol. The Balaban J connectivity index is 0.000000162. The third-order valence-corrected chi connectivity index (χ3v) is 1.43. The smallest absolute Gasteiger partial charge is 0.00484 e. The third kappa shape index (κ3) is 7.70. The fourth-order valence-corrected chi connectivity index (χ4v) is 0.861. The Bertz CT molecular complexity index is 65.2. The molecule has 0 bridgehead atoms. The van der Waals surface area contributed by atoms with Crippen molar-refractivity contribution >= 4 is 0 Å². The van der Waals surface area contributed by atoms with E-state index < -0.39 is 0 Å². The van der Waals surface area contributed by atoms with Crippen LogP contribution >= 0.6 is 0 Å². The monoisotopic (exact) mass is 141 g/mol. The molecule has 0 aliphatic carbocycles. The number of hydrogen-bond acceptors (Lipinski definition) is 1. The second-order valence-electron chi connectivity index (χ2n) is 2.43. The van der Waals surface area contributed by atoms with Gasteiger partial charge in [-0.25, -0.2) is 0 Å². The van der Waals surface area contributed by atoms with Gasteiger partial charge in [-0.3, -0.25) is 0 Å². The minimum Gasteiger partial charge on any atom is -0.317 e. The van der Waals surface area contributed by atoms with Crippen molar-refractivity contribution in [3.05, 3.63) is 12.2 Å². The SMILES string of the molecule is C1CCNC1.CC=CCC. The van der Waals surface area contributed by atoms with Crippen LogP contribution in [0.5, 0.6) is 0 Å². The molecule has 1 fully saturated rings. The highest BCUT2D eigenvalue weighted by molar-refractivity contribution is 4.73. The van der Waals surface area contributed by atoms with E-state index >= 15 is 0 Å². The molecule has 0 radical (unpaired) electrons. The number of allylic oxidation sites excluding steroid dienone is 2. The Morgan fingerprint density at radius 2 is 1.90 bits per heavy atom. The van der Waals surface area contributed by atoms with Crippen LogP contribution in [0, 0.1) is 0 Å². The van der Waals surface area contributed by atoms with Crippen molar-refractivity contribution in [1.29, 1.82) is 0 Å². The molecule has 0 spiro atoms. The van der Waals surface area contributed by atoms with Gasteiger partial charge in [-0.15, -0.1) is 0 Å². The van der Waals surface area contributed by atoms with Gasteiger partial charge >= 0.3 is 0 Å². The van der Waals surface area contributed by atoms with Crippen molar-refractivity contribution in [3.8, 4) is 0 Å². The van der Waals surface area contributed by atoms with E-state index in [0.717, 1.165) is 6.42 Å². The highest BCUT2D eigenvalue weighted by Gasteiger charge is 1.93. The van der Waals surface area contributed by atoms with Crippen molar-refractivity contribution in [1.82, 2.24) is 5.32 Å². The Morgan fingerprint density at radius 3 is 2.00 bits per heavy atom. The van der Waals surface area contributed by atoms with Gasteiger partial charge in [0.1, 0.15) is 0 Å². The molecule has 0 saturated carbocycles. The van der Waals surface area contributed by atoms with Crippen LogP contribution in [0.4, 0.5) is 0 Å². The lowest BCUT2D eigenvalue weighted by molar-refractivity contribution is 0.857. The second kappa shape index (κ2) is 8.70. The summed E-state index contributed by atoms with van der Waals surface area (Å²) in [4.78, 5) is 0. The van der Waals surface area contributed by atoms with Crippen LogP contribution < -0.4 is 5.32 Å². The minimum atomic E-state index is 1.16. The Labute approximate surface area is 64.5 Å². The zero-order chi connectivity index (χ0) is 7.66. The van der Waals surface area contributed by atoms with E-state index in [1.165, 1.54) is 25.9 Å². The summed E-state index contributed by atoms with van der Waals surface area (Å²) in [5, 5.41) is 3.22. The summed E-state index contributed by atoms with van der Waals surface area (Å²) in [6.45, 7) is 6.66. The molecule has 0 aromatic heterocycles. The molecular weight excluding hydrogens is 122 g/mol. The summed E-state index contributed by atoms with van der Waals surface area (Å²) in [6, 6.07) is 0. The van der Waals surface area contributed by atoms with Gasteiger partial charge in [-0.2, -0.15) is 0 Å². The lowest BCUT2D eigenvalue weighted by Crippen LogP contribution is -2.03. The minimum absolute atomic E-state index is 1.16. The van der Waals surface area contributed by atoms with Crippen molar-refractivity contribution in [2.45, 2.75) is 33.1 Å². The van der Waals surface area contributed by atoms with Crippen LogP contribution in [-0.2, 0) is 0 Å². The first-order valence-corrected chi connectivity index (χ1v) is 4.23. The molecule has 60 valence electrons. The summed E-state index contributed by atoms with van der Waals surface area (Å²) >= 11 is 0. The Kier molecular flexibility index (Phi) is 8.44. The highest BCUT2D eigenvalue weighted by Crippen LogP contribution is 1.90. The van der Waals surface area contributed by atoms with Gasteiger partial charge in [0.15, 0.2) is 0 Å². The quantitative estimate of drug-likeness (QED) is 0.553. The maximum absolute atomic E-state index is 3.22. The molecule has 1 N–H and O–H groups in total. The van der Waals surface area contributed by atoms with Crippen molar-refractivity contribution in [3.63, 3.8) is 0 Å². The van der Waals surface area contributed by atoms with E-state index in [-0.39, 0.29) is 0 Å². The summed E-state index contributed by atoms with van der Waals surface area (Å²) in [5.74, 6) is 0. The Morgan fingerprint density at radius 1 is 1.30 bits per heavy atom. The molecule has 0 aromatic carbocycles. The van der Waals surface area contributed by atoms with Gasteiger partial charge in [0, 0.05) is 0 Å². The van der Waals surface area contributed by atoms with Gasteiger partial charge in [-0.1, -0.05) is 19.1 Å². The lowest BCUT2D eigenvalue weighted by Gasteiger charge is -1.76. The van der Waals surface area contributed by atoms with E-state index in [0.29, 0.717) is 0 Å². The van der Waals surface area contributed by atoms with E-state index in [4.69, 9.17) is 0 Å². The average Bonchev–Trinajstić information content (AvgIpc) is 2.44. The van der Waals surface area contributed by atoms with Crippen LogP contribution in [0.15, 0.2) is 12.2 Å². The summed E-state index contributed by atoms with van der Waals surface area (Å²) in [6.07, 6.45) is 8.12. The predicted octanol–water partition coefficient (Wildman–Crippen LogP) is 2.34. The van der Waals surface area contributed by atoms with Gasteiger partial charge in [0.25, 0.3) is 0 Å². The normalized spacial score (nSPS) is 17.0. The van der Waals surface area contributed by atoms with E-state index in [2.05, 4.69) is 24.4 Å². The van der Waals surface area contributed by atoms with Crippen LogP contribution in [0.25, 0.3) is 0 Å². The first-order chi connectivity index (χ1) is 4.91. The molecule has 1 aliphatic rings. The first kappa shape index (κ1) is 9.70. The molecule has 1 saturated heterocycles. The van der Waals surface area contributed by atoms with Gasteiger partial charge in [-0.05, 0) is 39.3 Å². The van der Waals surface area contributed by atoms with Crippen LogP contribution in [0.2, 0.25) is 0 Å². The number of rotatable bonds is 1. The van der Waals surface area contributed by atoms with Gasteiger partial charge in [0.05, 0.1) is 0 Å². The van der Waals surface area contributed by atoms with Gasteiger partial charge in [0.2, 0.25) is 0 Å². The molecular formula is C9H19N. The van der Waals surface area contributed by atoms with Crippen molar-refractivity contribution < 1.29 is 0 Å². The maximum atomic E-state index is 3.22. The maximum Gasteiger partial charge on any atom is -0.00484 e. The fourth-order valence-electron chi connectivity index (χ4n) is 0.861. The fraction of sp³-hybridized carbons (Fsp3) is 0.778. The zero-order valence-corrected chi connectivity index (χ0v) is 7.19. The summed E-state index contributed by atoms with van der Waals surface area (Å²) < 4.78 is 0. The number of nitrogens with one attached hydrogen (secondary N) is 1. The zero-order valence-electron chi connectivity index (χ0n) is 7.19. The standard InChI is InChI=1S/C5H10.C4H9N/c1-3-5-4-2;1-2-4-5-3-1/h3,5H,4H2,1-2H3;5H,1-4H2. The molecule has 1 heteroatoms. The molecule has 0 aromatic rings. The van der Waals surface area contributed by atoms with Crippen LogP contribution in [-0.4, -0.2) is 13.1 Å². The average molecular weight is 141 g/mol. The molecule has 0 amide bonds. The lowest BCUT2D eigenvalue weighted by atomic mass is 10.4. The van der Waals surface area contributed by atoms with Crippen molar-refractivity contribution in [2.75, 3.05) is 13.1 Å². The molecule has 0 atom stereocenters. The summed E-state index contributed by atoms with van der Waals surface area (Å²) in [7, 11) is 0. The third-order valence-electron chi connectivity index (χ3n) is 1.43. The number of hydrogen-bond donors (Lipinski definition) is 1. The second-order valence-corrected chi connectivity index (χ2v) is 2.43. The topological polar surface area (TPSA) is 12.0 Å². The molecule has 0 unspecified atom stereocenters. The van der Waals surface area contributed by atoms with Crippen LogP contribution in [0.1, 0.15) is 33.1 Å². The van der Waals surface area contributed by atoms with Gasteiger partial charge < -0.3 is 5.32 Å². The largest absolute Gasteiger partial charge is 0.317 e. The molecule has 1 rings (SSSR count). The molecule has 1 heterocycles. The van der Waals surface area contributed by atoms with Crippen molar-refractivity contribution in [2.24, 2.45) is 0 Å². The highest BCUT2D eigenvalue weighted by atomic mass is 14.9. The molecule has 1 aliphatic heterocycles. The van der Waals surface area contributed by atoms with E-state index in [1.807, 2.05) is 6.92 Å². The first-order valence-electron chi connectivity index (χ1n) is 4.23. The molecule has 10 heavy (non-hydrogen) atoms. The molecule has 1 nitrogen and oxygen atoms in total. The van der Waals surface area contributed by atoms with E-state index in [9.17, 15) is 0 Å².